The molecule has 0 aliphatic carbocycles. The average Bonchev–Trinajstić information content (AvgIpc) is 3.15. The van der Waals surface area contributed by atoms with Gasteiger partial charge in [0.05, 0.1) is 36.9 Å². The number of likely N-dealkylation sites (N-methyl/N-ethyl adjacent to an activating group) is 1. The van der Waals surface area contributed by atoms with Gasteiger partial charge in [0.15, 0.2) is 0 Å². The van der Waals surface area contributed by atoms with E-state index in [1.54, 1.807) is 48.5 Å². The number of carbonyl (C=O) groups is 2. The molecule has 4 rings (SSSR count). The van der Waals surface area contributed by atoms with Gasteiger partial charge in [-0.05, 0) is 18.2 Å². The molecule has 0 saturated heterocycles. The largest absolute Gasteiger partial charge is 0.494 e. The number of aromatic hydroxyl groups is 1. The van der Waals surface area contributed by atoms with Gasteiger partial charge in [0.1, 0.15) is 5.71 Å². The number of aromatic nitrogens is 1. The number of rotatable bonds is 4. The van der Waals surface area contributed by atoms with Gasteiger partial charge in [-0.15, -0.1) is 0 Å². The summed E-state index contributed by atoms with van der Waals surface area (Å²) in [6.07, 6.45) is 0. The molecule has 0 saturated carbocycles. The summed E-state index contributed by atoms with van der Waals surface area (Å²) in [6, 6.07) is 13.7. The van der Waals surface area contributed by atoms with Gasteiger partial charge in [-0.25, -0.2) is 14.4 Å². The molecule has 0 fully saturated rings. The van der Waals surface area contributed by atoms with E-state index in [4.69, 9.17) is 0 Å². The van der Waals surface area contributed by atoms with Crippen molar-refractivity contribution in [3.63, 3.8) is 0 Å². The van der Waals surface area contributed by atoms with Crippen molar-refractivity contribution >= 4 is 34.1 Å². The van der Waals surface area contributed by atoms with Crippen LogP contribution in [0.4, 0.5) is 10.5 Å². The van der Waals surface area contributed by atoms with Crippen molar-refractivity contribution in [2.75, 3.05) is 20.1 Å². The molecule has 7 heteroatoms. The molecule has 0 atom stereocenters. The third-order valence-electron chi connectivity index (χ3n) is 4.59. The Morgan fingerprint density at radius 3 is 2.70 bits per heavy atom. The quantitative estimate of drug-likeness (QED) is 0.611. The number of nitrogens with two attached hydrogens (primary N) is 1. The van der Waals surface area contributed by atoms with Gasteiger partial charge in [-0.1, -0.05) is 30.3 Å². The van der Waals surface area contributed by atoms with Crippen LogP contribution in [0, 0.1) is 0 Å². The van der Waals surface area contributed by atoms with Gasteiger partial charge >= 0.3 is 6.03 Å². The van der Waals surface area contributed by atoms with Crippen LogP contribution in [-0.2, 0) is 0 Å². The molecule has 3 aromatic rings. The molecule has 7 nitrogen and oxygen atoms in total. The van der Waals surface area contributed by atoms with E-state index in [0.717, 1.165) is 6.54 Å². The number of para-hydroxylation sites is 2. The van der Waals surface area contributed by atoms with Crippen LogP contribution in [-0.4, -0.2) is 47.3 Å². The fourth-order valence-electron chi connectivity index (χ4n) is 3.30. The number of fused-ring (bicyclic) bond motifs is 2. The second-order valence-electron chi connectivity index (χ2n) is 6.29. The van der Waals surface area contributed by atoms with E-state index in [0.29, 0.717) is 28.7 Å². The second-order valence-corrected chi connectivity index (χ2v) is 6.29. The number of amides is 1. The number of aliphatic imine (C=N–C) groups is 1. The zero-order valence-corrected chi connectivity index (χ0v) is 14.8. The van der Waals surface area contributed by atoms with Crippen LogP contribution in [0.1, 0.15) is 15.9 Å². The molecule has 0 spiro atoms. The van der Waals surface area contributed by atoms with E-state index in [2.05, 4.69) is 10.3 Å². The number of nitrogens with one attached hydrogen (secondary N) is 1. The fraction of sp³-hybridized carbons (Fsp3) is 0.150. The molecule has 2 aromatic carbocycles. The summed E-state index contributed by atoms with van der Waals surface area (Å²) in [6.45, 7) is 1.18. The predicted molar refractivity (Wildman–Crippen MR) is 102 cm³/mol. The lowest BCUT2D eigenvalue weighted by molar-refractivity contribution is -0.624. The Balaban J connectivity index is 1.85. The third kappa shape index (κ3) is 2.69. The summed E-state index contributed by atoms with van der Waals surface area (Å²) in [5.41, 5.74) is 2.01. The van der Waals surface area contributed by atoms with Gasteiger partial charge in [-0.3, -0.25) is 4.79 Å². The topological polar surface area (TPSA) is 100 Å². The van der Waals surface area contributed by atoms with Crippen molar-refractivity contribution in [3.8, 4) is 5.88 Å². The number of benzene rings is 2. The first-order chi connectivity index (χ1) is 13.1. The van der Waals surface area contributed by atoms with E-state index in [-0.39, 0.29) is 22.9 Å². The molecule has 136 valence electrons. The maximum absolute atomic E-state index is 12.8. The van der Waals surface area contributed by atoms with E-state index >= 15 is 0 Å². The van der Waals surface area contributed by atoms with Gasteiger partial charge in [0.25, 0.3) is 0 Å². The highest BCUT2D eigenvalue weighted by atomic mass is 16.3. The maximum atomic E-state index is 12.8. The number of quaternary nitrogens is 1. The number of hydrogen-bond donors (Lipinski definition) is 3. The number of hydrogen-bond acceptors (Lipinski definition) is 4. The third-order valence-corrected chi connectivity index (χ3v) is 4.59. The molecule has 1 amide bonds. The van der Waals surface area contributed by atoms with Crippen molar-refractivity contribution in [2.45, 2.75) is 0 Å². The van der Waals surface area contributed by atoms with Crippen molar-refractivity contribution < 1.29 is 20.0 Å². The van der Waals surface area contributed by atoms with Crippen LogP contribution in [0.2, 0.25) is 0 Å². The van der Waals surface area contributed by atoms with Crippen molar-refractivity contribution in [3.05, 3.63) is 59.7 Å². The summed E-state index contributed by atoms with van der Waals surface area (Å²) in [4.78, 5) is 29.9. The van der Waals surface area contributed by atoms with Gasteiger partial charge in [0.2, 0.25) is 11.7 Å². The van der Waals surface area contributed by atoms with E-state index < -0.39 is 6.03 Å². The first kappa shape index (κ1) is 17.0. The molecule has 1 aromatic heterocycles. The summed E-state index contributed by atoms with van der Waals surface area (Å²) in [5, 5.41) is 16.2. The smallest absolute Gasteiger partial charge is 0.329 e. The van der Waals surface area contributed by atoms with E-state index in [1.807, 2.05) is 12.4 Å². The Morgan fingerprint density at radius 1 is 1.19 bits per heavy atom. The summed E-state index contributed by atoms with van der Waals surface area (Å²) < 4.78 is 1.19. The van der Waals surface area contributed by atoms with Gasteiger partial charge in [-0.2, -0.15) is 0 Å². The zero-order valence-electron chi connectivity index (χ0n) is 14.8. The highest BCUT2D eigenvalue weighted by Crippen LogP contribution is 2.37. The Bertz CT molecular complexity index is 1100. The van der Waals surface area contributed by atoms with E-state index in [9.17, 15) is 14.7 Å². The number of ketones is 1. The van der Waals surface area contributed by atoms with Crippen molar-refractivity contribution in [1.82, 2.24) is 9.88 Å². The lowest BCUT2D eigenvalue weighted by Crippen LogP contribution is -2.81. The Labute approximate surface area is 155 Å². The van der Waals surface area contributed by atoms with Crippen LogP contribution in [0.3, 0.4) is 0 Å². The molecule has 0 radical (unpaired) electrons. The Kier molecular flexibility index (Phi) is 4.21. The minimum absolute atomic E-state index is 0.151. The SMILES string of the molecule is C[NH2+]CCNC(=O)n1c(O)c(C2=Nc3ccccc3C2=O)c2ccccc21. The fourth-order valence-corrected chi connectivity index (χ4v) is 3.30. The number of nitrogens with zero attached hydrogens (tertiary/aromatic N) is 2. The van der Waals surface area contributed by atoms with E-state index in [1.165, 1.54) is 4.57 Å². The number of Topliss-reactive ketones (excluding diaryl/α,β-unsaturated/α-hetero) is 1. The van der Waals surface area contributed by atoms with Crippen LogP contribution >= 0.6 is 0 Å². The molecule has 1 aliphatic heterocycles. The molecular weight excluding hydrogens is 344 g/mol. The highest BCUT2D eigenvalue weighted by molar-refractivity contribution is 6.56. The van der Waals surface area contributed by atoms with Crippen molar-refractivity contribution in [2.24, 2.45) is 4.99 Å². The monoisotopic (exact) mass is 363 g/mol. The van der Waals surface area contributed by atoms with Crippen molar-refractivity contribution in [1.29, 1.82) is 0 Å². The lowest BCUT2D eigenvalue weighted by atomic mass is 10.0. The summed E-state index contributed by atoms with van der Waals surface area (Å²) >= 11 is 0. The molecule has 0 bridgehead atoms. The van der Waals surface area contributed by atoms with Crippen LogP contribution < -0.4 is 10.6 Å². The van der Waals surface area contributed by atoms with Crippen LogP contribution in [0.15, 0.2) is 53.5 Å². The molecule has 2 heterocycles. The second kappa shape index (κ2) is 6.69. The van der Waals surface area contributed by atoms with Gasteiger partial charge < -0.3 is 15.7 Å². The molecule has 0 unspecified atom stereocenters. The predicted octanol–water partition coefficient (Wildman–Crippen LogP) is 1.41. The van der Waals surface area contributed by atoms with Crippen LogP contribution in [0.5, 0.6) is 5.88 Å². The summed E-state index contributed by atoms with van der Waals surface area (Å²) in [5.74, 6) is -0.543. The normalized spacial score (nSPS) is 12.9. The highest BCUT2D eigenvalue weighted by Gasteiger charge is 2.32. The molecule has 1 aliphatic rings. The molecular formula is C20H19N4O3+. The average molecular weight is 363 g/mol. The van der Waals surface area contributed by atoms with Crippen LogP contribution in [0.25, 0.3) is 10.9 Å². The minimum atomic E-state index is -0.444. The lowest BCUT2D eigenvalue weighted by Gasteiger charge is -2.07. The Hall–Kier alpha value is -3.45. The zero-order chi connectivity index (χ0) is 19.0. The maximum Gasteiger partial charge on any atom is 0.329 e. The molecule has 4 N–H and O–H groups in total. The standard InChI is InChI=1S/C20H18N4O3/c1-21-10-11-22-20(27)24-15-9-5-3-7-13(15)16(19(24)26)17-18(25)12-6-2-4-8-14(12)23-17/h2-9,21,26H,10-11H2,1H3,(H,22,27)/p+1. The molecule has 27 heavy (non-hydrogen) atoms. The summed E-state index contributed by atoms with van der Waals surface area (Å²) in [7, 11) is 1.91. The first-order valence-corrected chi connectivity index (χ1v) is 8.74. The number of carbonyl (C=O) groups excluding carboxylic acids is 2. The Morgan fingerprint density at radius 2 is 1.93 bits per heavy atom. The first-order valence-electron chi connectivity index (χ1n) is 8.74. The minimum Gasteiger partial charge on any atom is -0.494 e. The van der Waals surface area contributed by atoms with Gasteiger partial charge in [0, 0.05) is 10.9 Å².